The molecule has 5 atom stereocenters. The number of ether oxygens (including phenoxy) is 1. The van der Waals surface area contributed by atoms with E-state index in [9.17, 15) is 10.2 Å². The van der Waals surface area contributed by atoms with Crippen LogP contribution in [-0.4, -0.2) is 50.8 Å². The maximum absolute atomic E-state index is 12.1. The van der Waals surface area contributed by atoms with Crippen molar-refractivity contribution in [1.29, 1.82) is 0 Å². The largest absolute Gasteiger partial charge is 0.504 e. The highest BCUT2D eigenvalue weighted by atomic mass is 79.9. The zero-order chi connectivity index (χ0) is 17.0. The van der Waals surface area contributed by atoms with Gasteiger partial charge in [0.05, 0.1) is 15.8 Å². The molecular formula is C20H24BrNO3. The Labute approximate surface area is 156 Å². The fourth-order valence-corrected chi connectivity index (χ4v) is 7.21. The fourth-order valence-electron chi connectivity index (χ4n) is 6.42. The van der Waals surface area contributed by atoms with Crippen LogP contribution in [0.1, 0.15) is 43.2 Å². The molecule has 25 heavy (non-hydrogen) atoms. The number of hydrogen-bond donors (Lipinski definition) is 2. The van der Waals surface area contributed by atoms with Crippen LogP contribution in [0.2, 0.25) is 0 Å². The number of piperidine rings is 1. The van der Waals surface area contributed by atoms with Gasteiger partial charge in [-0.15, -0.1) is 0 Å². The molecule has 134 valence electrons. The topological polar surface area (TPSA) is 52.9 Å². The monoisotopic (exact) mass is 405 g/mol. The van der Waals surface area contributed by atoms with Gasteiger partial charge in [0.15, 0.2) is 11.5 Å². The Morgan fingerprint density at radius 2 is 2.08 bits per heavy atom. The van der Waals surface area contributed by atoms with Crippen LogP contribution in [0.3, 0.4) is 0 Å². The third-order valence-electron chi connectivity index (χ3n) is 7.69. The summed E-state index contributed by atoms with van der Waals surface area (Å²) < 4.78 is 6.34. The molecule has 2 N–H and O–H groups in total. The number of rotatable bonds is 2. The van der Waals surface area contributed by atoms with Crippen LogP contribution >= 0.6 is 15.9 Å². The minimum atomic E-state index is -0.749. The van der Waals surface area contributed by atoms with Gasteiger partial charge >= 0.3 is 0 Å². The second-order valence-electron chi connectivity index (χ2n) is 8.84. The first-order valence-electron chi connectivity index (χ1n) is 9.67. The maximum atomic E-state index is 12.1. The Kier molecular flexibility index (Phi) is 2.90. The molecule has 2 aliphatic heterocycles. The van der Waals surface area contributed by atoms with E-state index in [2.05, 4.69) is 26.9 Å². The summed E-state index contributed by atoms with van der Waals surface area (Å²) in [5.74, 6) is 1.70. The summed E-state index contributed by atoms with van der Waals surface area (Å²) in [6.07, 6.45) is 6.12. The lowest BCUT2D eigenvalue weighted by Crippen LogP contribution is -2.76. The van der Waals surface area contributed by atoms with Gasteiger partial charge in [0.1, 0.15) is 6.10 Å². The number of phenolic OH excluding ortho intramolecular Hbond substituents is 1. The number of likely N-dealkylation sites (tertiary alicyclic amines) is 1. The van der Waals surface area contributed by atoms with E-state index in [1.807, 2.05) is 0 Å². The molecule has 3 aliphatic carbocycles. The number of hydrogen-bond acceptors (Lipinski definition) is 4. The summed E-state index contributed by atoms with van der Waals surface area (Å²) in [6.45, 7) is 2.16. The van der Waals surface area contributed by atoms with E-state index in [-0.39, 0.29) is 28.1 Å². The first-order chi connectivity index (χ1) is 12.0. The third kappa shape index (κ3) is 1.71. The lowest BCUT2D eigenvalue weighted by Gasteiger charge is -2.63. The van der Waals surface area contributed by atoms with Crippen LogP contribution in [0.15, 0.2) is 12.1 Å². The van der Waals surface area contributed by atoms with Gasteiger partial charge in [-0.1, -0.05) is 22.0 Å². The number of alkyl halides is 1. The molecule has 0 radical (unpaired) electrons. The standard InChI is InChI=1S/C20H24BrNO3/c21-13-5-6-20(24)15-9-12-3-4-14(23)17-16(12)19(20,18(13)25-17)7-8-22(15)10-11-1-2-11/h3-4,11,13,15,18,23-24H,1-2,5-10H2/t13-,15?,18?,19?,20+/m0/s1. The van der Waals surface area contributed by atoms with Crippen molar-refractivity contribution in [1.82, 2.24) is 4.90 Å². The maximum Gasteiger partial charge on any atom is 0.165 e. The van der Waals surface area contributed by atoms with E-state index in [1.54, 1.807) is 6.07 Å². The van der Waals surface area contributed by atoms with Crippen molar-refractivity contribution < 1.29 is 14.9 Å². The summed E-state index contributed by atoms with van der Waals surface area (Å²) in [4.78, 5) is 2.80. The van der Waals surface area contributed by atoms with Gasteiger partial charge in [0, 0.05) is 18.2 Å². The molecule has 2 bridgehead atoms. The molecule has 5 aliphatic rings. The average molecular weight is 406 g/mol. The molecule has 0 aromatic heterocycles. The zero-order valence-corrected chi connectivity index (χ0v) is 15.8. The molecule has 3 fully saturated rings. The molecule has 1 saturated heterocycles. The average Bonchev–Trinajstić information content (AvgIpc) is 3.32. The molecule has 2 saturated carbocycles. The van der Waals surface area contributed by atoms with E-state index < -0.39 is 5.60 Å². The van der Waals surface area contributed by atoms with Gasteiger partial charge in [-0.05, 0) is 62.6 Å². The predicted octanol–water partition coefficient (Wildman–Crippen LogP) is 2.72. The van der Waals surface area contributed by atoms with E-state index in [0.717, 1.165) is 50.3 Å². The quantitative estimate of drug-likeness (QED) is 0.742. The molecule has 0 amide bonds. The van der Waals surface area contributed by atoms with Gasteiger partial charge in [-0.3, -0.25) is 4.90 Å². The van der Waals surface area contributed by atoms with Crippen molar-refractivity contribution in [2.75, 3.05) is 13.1 Å². The van der Waals surface area contributed by atoms with Crippen LogP contribution < -0.4 is 4.74 Å². The van der Waals surface area contributed by atoms with Gasteiger partial charge in [0.25, 0.3) is 0 Å². The molecule has 1 spiro atoms. The summed E-state index contributed by atoms with van der Waals surface area (Å²) in [6, 6.07) is 4.01. The van der Waals surface area contributed by atoms with E-state index >= 15 is 0 Å². The smallest absolute Gasteiger partial charge is 0.165 e. The highest BCUT2D eigenvalue weighted by Gasteiger charge is 2.72. The molecule has 6 rings (SSSR count). The van der Waals surface area contributed by atoms with Gasteiger partial charge < -0.3 is 14.9 Å². The molecule has 3 unspecified atom stereocenters. The van der Waals surface area contributed by atoms with Crippen molar-refractivity contribution in [3.8, 4) is 11.5 Å². The highest BCUT2D eigenvalue weighted by Crippen LogP contribution is 2.66. The van der Waals surface area contributed by atoms with Crippen LogP contribution in [0.4, 0.5) is 0 Å². The number of aliphatic hydroxyl groups is 1. The van der Waals surface area contributed by atoms with Gasteiger partial charge in [0.2, 0.25) is 0 Å². The Balaban J connectivity index is 1.57. The van der Waals surface area contributed by atoms with Gasteiger partial charge in [-0.25, -0.2) is 0 Å². The predicted molar refractivity (Wildman–Crippen MR) is 97.5 cm³/mol. The van der Waals surface area contributed by atoms with Crippen molar-refractivity contribution in [3.05, 3.63) is 23.3 Å². The summed E-state index contributed by atoms with van der Waals surface area (Å²) in [7, 11) is 0. The minimum absolute atomic E-state index is 0.0841. The van der Waals surface area contributed by atoms with Crippen LogP contribution in [0.25, 0.3) is 0 Å². The van der Waals surface area contributed by atoms with Crippen molar-refractivity contribution in [3.63, 3.8) is 0 Å². The van der Waals surface area contributed by atoms with Crippen molar-refractivity contribution >= 4 is 15.9 Å². The van der Waals surface area contributed by atoms with E-state index in [0.29, 0.717) is 5.75 Å². The second-order valence-corrected chi connectivity index (χ2v) is 10.0. The van der Waals surface area contributed by atoms with Crippen LogP contribution in [0.5, 0.6) is 11.5 Å². The number of aromatic hydroxyl groups is 1. The summed E-state index contributed by atoms with van der Waals surface area (Å²) in [5.41, 5.74) is 1.27. The molecule has 1 aromatic carbocycles. The molecule has 5 heteroatoms. The Morgan fingerprint density at radius 1 is 1.24 bits per heavy atom. The third-order valence-corrected chi connectivity index (χ3v) is 8.63. The summed E-state index contributed by atoms with van der Waals surface area (Å²) in [5, 5.41) is 22.5. The number of benzene rings is 1. The zero-order valence-electron chi connectivity index (χ0n) is 14.2. The molecule has 1 aromatic rings. The van der Waals surface area contributed by atoms with Crippen LogP contribution in [-0.2, 0) is 11.8 Å². The Morgan fingerprint density at radius 3 is 2.88 bits per heavy atom. The first kappa shape index (κ1) is 15.3. The Bertz CT molecular complexity index is 766. The highest BCUT2D eigenvalue weighted by molar-refractivity contribution is 9.09. The van der Waals surface area contributed by atoms with E-state index in [1.165, 1.54) is 18.4 Å². The molecule has 2 heterocycles. The lowest BCUT2D eigenvalue weighted by atomic mass is 9.49. The first-order valence-corrected chi connectivity index (χ1v) is 10.6. The number of halogens is 1. The number of nitrogens with zero attached hydrogens (tertiary/aromatic N) is 1. The Hall–Kier alpha value is -0.780. The lowest BCUT2D eigenvalue weighted by molar-refractivity contribution is -0.183. The van der Waals surface area contributed by atoms with Crippen molar-refractivity contribution in [2.24, 2.45) is 5.92 Å². The molecular weight excluding hydrogens is 382 g/mol. The van der Waals surface area contributed by atoms with Crippen LogP contribution in [0, 0.1) is 5.92 Å². The normalized spacial score (nSPS) is 44.3. The van der Waals surface area contributed by atoms with Crippen molar-refractivity contribution in [2.45, 2.75) is 66.5 Å². The van der Waals surface area contributed by atoms with E-state index in [4.69, 9.17) is 4.74 Å². The molecule has 4 nitrogen and oxygen atoms in total. The number of phenols is 1. The summed E-state index contributed by atoms with van der Waals surface area (Å²) >= 11 is 3.83. The minimum Gasteiger partial charge on any atom is -0.504 e. The fraction of sp³-hybridized carbons (Fsp3) is 0.700. The van der Waals surface area contributed by atoms with Gasteiger partial charge in [-0.2, -0.15) is 0 Å². The second kappa shape index (κ2) is 4.73. The SMILES string of the molecule is Oc1ccc2c3c1OC1[C@@H](Br)CC[C@@]4(O)C(C2)N(CC2CC2)CCC314.